The zero-order chi connectivity index (χ0) is 13.4. The SMILES string of the molecule is Nc1ccc(Oc2ccc(F)c(Cl)c2)c2nonc12. The molecule has 0 aliphatic rings. The molecule has 0 aliphatic heterocycles. The van der Waals surface area contributed by atoms with E-state index in [0.717, 1.165) is 0 Å². The second-order valence-corrected chi connectivity index (χ2v) is 4.20. The number of fused-ring (bicyclic) bond motifs is 1. The molecule has 2 aromatic carbocycles. The number of aromatic nitrogens is 2. The van der Waals surface area contributed by atoms with Crippen LogP contribution < -0.4 is 10.5 Å². The largest absolute Gasteiger partial charge is 0.455 e. The van der Waals surface area contributed by atoms with Gasteiger partial charge in [-0.1, -0.05) is 11.6 Å². The summed E-state index contributed by atoms with van der Waals surface area (Å²) < 4.78 is 23.2. The monoisotopic (exact) mass is 279 g/mol. The molecule has 7 heteroatoms. The molecular weight excluding hydrogens is 273 g/mol. The molecule has 0 atom stereocenters. The van der Waals surface area contributed by atoms with Gasteiger partial charge in [0.25, 0.3) is 0 Å². The number of ether oxygens (including phenoxy) is 1. The van der Waals surface area contributed by atoms with Crippen LogP contribution in [0.4, 0.5) is 10.1 Å². The minimum Gasteiger partial charge on any atom is -0.455 e. The van der Waals surface area contributed by atoms with E-state index in [1.807, 2.05) is 0 Å². The van der Waals surface area contributed by atoms with Gasteiger partial charge in [0.15, 0.2) is 16.8 Å². The summed E-state index contributed by atoms with van der Waals surface area (Å²) >= 11 is 5.68. The van der Waals surface area contributed by atoms with Gasteiger partial charge in [-0.3, -0.25) is 0 Å². The van der Waals surface area contributed by atoms with Gasteiger partial charge in [-0.2, -0.15) is 0 Å². The fourth-order valence-corrected chi connectivity index (χ4v) is 1.78. The summed E-state index contributed by atoms with van der Waals surface area (Å²) in [6.45, 7) is 0. The van der Waals surface area contributed by atoms with Crippen molar-refractivity contribution < 1.29 is 13.8 Å². The number of nitrogens with two attached hydrogens (primary N) is 1. The van der Waals surface area contributed by atoms with Gasteiger partial charge in [0, 0.05) is 6.07 Å². The van der Waals surface area contributed by atoms with Crippen LogP contribution in [0.1, 0.15) is 0 Å². The molecule has 19 heavy (non-hydrogen) atoms. The van der Waals surface area contributed by atoms with E-state index in [1.165, 1.54) is 18.2 Å². The maximum Gasteiger partial charge on any atom is 0.179 e. The average molecular weight is 280 g/mol. The lowest BCUT2D eigenvalue weighted by molar-refractivity contribution is 0.314. The Morgan fingerprint density at radius 2 is 1.95 bits per heavy atom. The average Bonchev–Trinajstić information content (AvgIpc) is 2.87. The maximum absolute atomic E-state index is 13.1. The number of hydrogen-bond donors (Lipinski definition) is 1. The van der Waals surface area contributed by atoms with Crippen molar-refractivity contribution in [3.63, 3.8) is 0 Å². The van der Waals surface area contributed by atoms with Crippen molar-refractivity contribution in [3.8, 4) is 11.5 Å². The summed E-state index contributed by atoms with van der Waals surface area (Å²) in [7, 11) is 0. The number of benzene rings is 2. The summed E-state index contributed by atoms with van der Waals surface area (Å²) in [4.78, 5) is 0. The molecule has 0 unspecified atom stereocenters. The first kappa shape index (κ1) is 11.7. The fraction of sp³-hybridized carbons (Fsp3) is 0. The Kier molecular flexibility index (Phi) is 2.72. The van der Waals surface area contributed by atoms with E-state index in [9.17, 15) is 4.39 Å². The lowest BCUT2D eigenvalue weighted by Crippen LogP contribution is -1.90. The highest BCUT2D eigenvalue weighted by atomic mass is 35.5. The fourth-order valence-electron chi connectivity index (χ4n) is 1.61. The summed E-state index contributed by atoms with van der Waals surface area (Å²) in [5, 5.41) is 7.37. The Balaban J connectivity index is 2.03. The number of hydrogen-bond acceptors (Lipinski definition) is 5. The van der Waals surface area contributed by atoms with E-state index < -0.39 is 5.82 Å². The summed E-state index contributed by atoms with van der Waals surface area (Å²) in [5.41, 5.74) is 6.95. The van der Waals surface area contributed by atoms with Crippen LogP contribution in [0.15, 0.2) is 35.0 Å². The van der Waals surface area contributed by atoms with Gasteiger partial charge < -0.3 is 10.5 Å². The molecule has 0 radical (unpaired) electrons. The number of nitrogen functional groups attached to an aromatic ring is 1. The Morgan fingerprint density at radius 3 is 2.74 bits per heavy atom. The zero-order valence-electron chi connectivity index (χ0n) is 9.43. The molecule has 2 N–H and O–H groups in total. The maximum atomic E-state index is 13.1. The molecule has 3 rings (SSSR count). The van der Waals surface area contributed by atoms with Gasteiger partial charge in [0.2, 0.25) is 0 Å². The predicted octanol–water partition coefficient (Wildman–Crippen LogP) is 3.39. The zero-order valence-corrected chi connectivity index (χ0v) is 10.2. The lowest BCUT2D eigenvalue weighted by atomic mass is 10.2. The van der Waals surface area contributed by atoms with Crippen molar-refractivity contribution in [2.75, 3.05) is 5.73 Å². The van der Waals surface area contributed by atoms with Crippen LogP contribution in [0, 0.1) is 5.82 Å². The van der Waals surface area contributed by atoms with E-state index in [1.54, 1.807) is 12.1 Å². The van der Waals surface area contributed by atoms with Crippen molar-refractivity contribution in [3.05, 3.63) is 41.2 Å². The predicted molar refractivity (Wildman–Crippen MR) is 67.7 cm³/mol. The summed E-state index contributed by atoms with van der Waals surface area (Å²) in [6, 6.07) is 7.28. The van der Waals surface area contributed by atoms with E-state index in [0.29, 0.717) is 28.2 Å². The quantitative estimate of drug-likeness (QED) is 0.728. The van der Waals surface area contributed by atoms with Crippen molar-refractivity contribution in [2.24, 2.45) is 0 Å². The van der Waals surface area contributed by atoms with E-state index in [4.69, 9.17) is 22.1 Å². The third-order valence-electron chi connectivity index (χ3n) is 2.53. The first-order chi connectivity index (χ1) is 9.15. The Morgan fingerprint density at radius 1 is 1.16 bits per heavy atom. The van der Waals surface area contributed by atoms with Crippen LogP contribution in [0.25, 0.3) is 11.0 Å². The summed E-state index contributed by atoms with van der Waals surface area (Å²) in [5.74, 6) is 0.258. The first-order valence-electron chi connectivity index (χ1n) is 5.29. The van der Waals surface area contributed by atoms with Gasteiger partial charge >= 0.3 is 0 Å². The molecule has 0 saturated carbocycles. The Labute approximate surface area is 111 Å². The Hall–Kier alpha value is -2.34. The van der Waals surface area contributed by atoms with Crippen molar-refractivity contribution in [1.29, 1.82) is 0 Å². The molecule has 5 nitrogen and oxygen atoms in total. The van der Waals surface area contributed by atoms with Gasteiger partial charge in [0.1, 0.15) is 11.6 Å². The standard InChI is InChI=1S/C12H7ClFN3O2/c13-7-5-6(1-2-8(7)14)18-10-4-3-9(15)11-12(10)17-19-16-11/h1-5H,15H2. The second kappa shape index (κ2) is 4.40. The van der Waals surface area contributed by atoms with Crippen LogP contribution in [-0.4, -0.2) is 10.3 Å². The molecule has 1 heterocycles. The smallest absolute Gasteiger partial charge is 0.179 e. The molecular formula is C12H7ClFN3O2. The number of nitrogens with zero attached hydrogens (tertiary/aromatic N) is 2. The first-order valence-corrected chi connectivity index (χ1v) is 5.66. The number of halogens is 2. The lowest BCUT2D eigenvalue weighted by Gasteiger charge is -2.06. The molecule has 0 aliphatic carbocycles. The molecule has 0 saturated heterocycles. The molecule has 1 aromatic heterocycles. The second-order valence-electron chi connectivity index (χ2n) is 3.79. The van der Waals surface area contributed by atoms with E-state index in [-0.39, 0.29) is 5.02 Å². The van der Waals surface area contributed by atoms with Gasteiger partial charge in [-0.25, -0.2) is 9.02 Å². The molecule has 96 valence electrons. The molecule has 0 spiro atoms. The summed E-state index contributed by atoms with van der Waals surface area (Å²) in [6.07, 6.45) is 0. The normalized spacial score (nSPS) is 10.8. The minimum absolute atomic E-state index is 0.0255. The van der Waals surface area contributed by atoms with Gasteiger partial charge in [-0.05, 0) is 34.6 Å². The van der Waals surface area contributed by atoms with Crippen molar-refractivity contribution >= 4 is 28.3 Å². The number of rotatable bonds is 2. The van der Waals surface area contributed by atoms with Crippen molar-refractivity contribution in [1.82, 2.24) is 10.3 Å². The van der Waals surface area contributed by atoms with Crippen LogP contribution in [0.5, 0.6) is 11.5 Å². The Bertz CT molecular complexity index is 760. The number of anilines is 1. The third kappa shape index (κ3) is 2.06. The van der Waals surface area contributed by atoms with E-state index in [2.05, 4.69) is 14.9 Å². The highest BCUT2D eigenvalue weighted by Gasteiger charge is 2.12. The van der Waals surface area contributed by atoms with E-state index >= 15 is 0 Å². The minimum atomic E-state index is -0.514. The van der Waals surface area contributed by atoms with Crippen LogP contribution in [0.2, 0.25) is 5.02 Å². The molecule has 0 fully saturated rings. The van der Waals surface area contributed by atoms with Gasteiger partial charge in [0.05, 0.1) is 10.7 Å². The highest BCUT2D eigenvalue weighted by molar-refractivity contribution is 6.30. The van der Waals surface area contributed by atoms with Crippen LogP contribution >= 0.6 is 11.6 Å². The topological polar surface area (TPSA) is 74.2 Å². The molecule has 0 amide bonds. The third-order valence-corrected chi connectivity index (χ3v) is 2.82. The van der Waals surface area contributed by atoms with Crippen LogP contribution in [-0.2, 0) is 0 Å². The van der Waals surface area contributed by atoms with Gasteiger partial charge in [-0.15, -0.1) is 0 Å². The highest BCUT2D eigenvalue weighted by Crippen LogP contribution is 2.32. The molecule has 3 aromatic rings. The van der Waals surface area contributed by atoms with Crippen molar-refractivity contribution in [2.45, 2.75) is 0 Å². The molecule has 0 bridgehead atoms. The van der Waals surface area contributed by atoms with Crippen LogP contribution in [0.3, 0.4) is 0 Å².